The summed E-state index contributed by atoms with van der Waals surface area (Å²) in [5, 5.41) is 1.52. The van der Waals surface area contributed by atoms with Gasteiger partial charge in [0.1, 0.15) is 23.9 Å². The number of nitrogens with zero attached hydrogens (tertiary/aromatic N) is 1. The van der Waals surface area contributed by atoms with E-state index in [1.807, 2.05) is 68.4 Å². The maximum absolute atomic E-state index is 12.7. The van der Waals surface area contributed by atoms with Gasteiger partial charge in [0.25, 0.3) is 0 Å². The molecule has 6 rings (SSSR count). The molecule has 0 N–H and O–H groups in total. The molecule has 3 aromatic rings. The van der Waals surface area contributed by atoms with Crippen LogP contribution in [0.3, 0.4) is 0 Å². The van der Waals surface area contributed by atoms with Crippen LogP contribution in [0.1, 0.15) is 43.4 Å². The van der Waals surface area contributed by atoms with Gasteiger partial charge in [-0.2, -0.15) is 5.06 Å². The minimum absolute atomic E-state index is 0.0113. The van der Waals surface area contributed by atoms with E-state index in [0.29, 0.717) is 0 Å². The zero-order chi connectivity index (χ0) is 31.7. The summed E-state index contributed by atoms with van der Waals surface area (Å²) in [7, 11) is 2.63. The SMILES string of the molecule is COC(=O)CCN1O[C@H](C(=O)OC)C[C@@]12O[C@H](COC(c1ccccc1)(c1ccccc1)c1ccccc1)[C@H]1OC(C)(C)O[C@H]12. The molecular weight excluding hydrogens is 578 g/mol. The Bertz CT molecular complexity index is 1370. The number of rotatable bonds is 10. The number of fused-ring (bicyclic) bond motifs is 2. The number of benzene rings is 3. The van der Waals surface area contributed by atoms with Crippen molar-refractivity contribution in [2.24, 2.45) is 0 Å². The molecule has 45 heavy (non-hydrogen) atoms. The van der Waals surface area contributed by atoms with E-state index in [1.165, 1.54) is 19.3 Å². The van der Waals surface area contributed by atoms with Gasteiger partial charge in [-0.3, -0.25) is 9.63 Å². The molecule has 3 saturated heterocycles. The first kappa shape index (κ1) is 31.3. The summed E-state index contributed by atoms with van der Waals surface area (Å²) in [5.41, 5.74) is 0.605. The molecule has 1 spiro atoms. The van der Waals surface area contributed by atoms with Crippen molar-refractivity contribution in [3.63, 3.8) is 0 Å². The minimum atomic E-state index is -1.26. The van der Waals surface area contributed by atoms with Crippen molar-refractivity contribution in [2.75, 3.05) is 27.4 Å². The van der Waals surface area contributed by atoms with E-state index in [4.69, 9.17) is 33.3 Å². The molecule has 0 aliphatic carbocycles. The molecule has 3 aliphatic heterocycles. The van der Waals surface area contributed by atoms with Crippen LogP contribution in [0.4, 0.5) is 0 Å². The first-order valence-corrected chi connectivity index (χ1v) is 15.2. The van der Waals surface area contributed by atoms with Crippen LogP contribution in [-0.4, -0.2) is 80.3 Å². The van der Waals surface area contributed by atoms with Crippen molar-refractivity contribution in [1.82, 2.24) is 5.06 Å². The molecule has 5 atom stereocenters. The third-order valence-corrected chi connectivity index (χ3v) is 8.67. The van der Waals surface area contributed by atoms with Crippen LogP contribution in [0.5, 0.6) is 0 Å². The molecule has 0 unspecified atom stereocenters. The second-order valence-electron chi connectivity index (χ2n) is 11.9. The molecule has 0 saturated carbocycles. The van der Waals surface area contributed by atoms with Gasteiger partial charge >= 0.3 is 11.9 Å². The summed E-state index contributed by atoms with van der Waals surface area (Å²) in [4.78, 5) is 30.9. The van der Waals surface area contributed by atoms with Gasteiger partial charge in [-0.25, -0.2) is 4.79 Å². The lowest BCUT2D eigenvalue weighted by atomic mass is 9.80. The Balaban J connectivity index is 1.39. The first-order chi connectivity index (χ1) is 21.7. The smallest absolute Gasteiger partial charge is 0.337 e. The van der Waals surface area contributed by atoms with Gasteiger partial charge < -0.3 is 28.4 Å². The molecule has 3 heterocycles. The number of ether oxygens (including phenoxy) is 6. The molecule has 3 fully saturated rings. The quantitative estimate of drug-likeness (QED) is 0.241. The van der Waals surface area contributed by atoms with E-state index < -0.39 is 53.5 Å². The number of hydroxylamine groups is 2. The van der Waals surface area contributed by atoms with Crippen LogP contribution >= 0.6 is 0 Å². The summed E-state index contributed by atoms with van der Waals surface area (Å²) in [5.74, 6) is -1.92. The fourth-order valence-corrected chi connectivity index (χ4v) is 6.72. The fourth-order valence-electron chi connectivity index (χ4n) is 6.72. The highest BCUT2D eigenvalue weighted by Gasteiger charge is 2.69. The summed E-state index contributed by atoms with van der Waals surface area (Å²) < 4.78 is 36.8. The lowest BCUT2D eigenvalue weighted by Gasteiger charge is -2.38. The Hall–Kier alpha value is -3.64. The first-order valence-electron chi connectivity index (χ1n) is 15.2. The van der Waals surface area contributed by atoms with Crippen LogP contribution in [0.25, 0.3) is 0 Å². The second kappa shape index (κ2) is 12.6. The molecular formula is C35H39NO9. The fraction of sp³-hybridized carbons (Fsp3) is 0.429. The van der Waals surface area contributed by atoms with Crippen molar-refractivity contribution in [2.45, 2.75) is 68.2 Å². The summed E-state index contributed by atoms with van der Waals surface area (Å²) in [6, 6.07) is 30.2. The van der Waals surface area contributed by atoms with Gasteiger partial charge in [-0.1, -0.05) is 91.0 Å². The lowest BCUT2D eigenvalue weighted by Crippen LogP contribution is -2.53. The lowest BCUT2D eigenvalue weighted by molar-refractivity contribution is -0.302. The van der Waals surface area contributed by atoms with Crippen molar-refractivity contribution in [3.05, 3.63) is 108 Å². The number of esters is 2. The minimum Gasteiger partial charge on any atom is -0.469 e. The Kier molecular flexibility index (Phi) is 8.80. The molecule has 10 heteroatoms. The Morgan fingerprint density at radius 1 is 0.822 bits per heavy atom. The van der Waals surface area contributed by atoms with Crippen molar-refractivity contribution in [1.29, 1.82) is 0 Å². The van der Waals surface area contributed by atoms with Gasteiger partial charge in [0, 0.05) is 13.0 Å². The van der Waals surface area contributed by atoms with Crippen molar-refractivity contribution in [3.8, 4) is 0 Å². The molecule has 0 radical (unpaired) electrons. The van der Waals surface area contributed by atoms with Gasteiger partial charge in [0.2, 0.25) is 0 Å². The van der Waals surface area contributed by atoms with E-state index in [1.54, 1.807) is 0 Å². The molecule has 3 aliphatic rings. The van der Waals surface area contributed by atoms with Crippen LogP contribution in [0.2, 0.25) is 0 Å². The highest BCUT2D eigenvalue weighted by atomic mass is 16.8. The maximum Gasteiger partial charge on any atom is 0.337 e. The van der Waals surface area contributed by atoms with Crippen molar-refractivity contribution >= 4 is 11.9 Å². The van der Waals surface area contributed by atoms with E-state index in [-0.39, 0.29) is 26.0 Å². The maximum atomic E-state index is 12.7. The van der Waals surface area contributed by atoms with Crippen LogP contribution in [0.15, 0.2) is 91.0 Å². The van der Waals surface area contributed by atoms with E-state index >= 15 is 0 Å². The van der Waals surface area contributed by atoms with Gasteiger partial charge in [-0.05, 0) is 30.5 Å². The van der Waals surface area contributed by atoms with Crippen LogP contribution in [0, 0.1) is 0 Å². The average molecular weight is 618 g/mol. The molecule has 0 bridgehead atoms. The Labute approximate surface area is 263 Å². The van der Waals surface area contributed by atoms with Crippen molar-refractivity contribution < 1.29 is 42.8 Å². The largest absolute Gasteiger partial charge is 0.469 e. The van der Waals surface area contributed by atoms with E-state index in [2.05, 4.69) is 36.4 Å². The van der Waals surface area contributed by atoms with Gasteiger partial charge in [0.15, 0.2) is 17.6 Å². The third-order valence-electron chi connectivity index (χ3n) is 8.67. The van der Waals surface area contributed by atoms with Crippen LogP contribution < -0.4 is 0 Å². The topological polar surface area (TPSA) is 102 Å². The van der Waals surface area contributed by atoms with Gasteiger partial charge in [-0.15, -0.1) is 0 Å². The van der Waals surface area contributed by atoms with Gasteiger partial charge in [0.05, 0.1) is 27.2 Å². The monoisotopic (exact) mass is 617 g/mol. The van der Waals surface area contributed by atoms with E-state index in [9.17, 15) is 9.59 Å². The summed E-state index contributed by atoms with van der Waals surface area (Å²) >= 11 is 0. The predicted molar refractivity (Wildman–Crippen MR) is 161 cm³/mol. The predicted octanol–water partition coefficient (Wildman–Crippen LogP) is 4.35. The standard InChI is InChI=1S/C35H39NO9/c1-33(2)43-30-28(42-34(31(30)44-33)22-27(32(38)40-4)45-36(34)21-20-29(37)39-3)23-41-35(24-14-8-5-9-15-24,25-16-10-6-11-17-25)26-18-12-7-13-19-26/h5-19,27-28,30-31H,20-23H2,1-4H3/t27-,28+,30+,31+,34-/m0/s1. The summed E-state index contributed by atoms with van der Waals surface area (Å²) in [6.45, 7) is 3.88. The molecule has 0 amide bonds. The Morgan fingerprint density at radius 3 is 1.89 bits per heavy atom. The molecule has 238 valence electrons. The highest BCUT2D eigenvalue weighted by molar-refractivity contribution is 5.75. The highest BCUT2D eigenvalue weighted by Crippen LogP contribution is 2.52. The average Bonchev–Trinajstić information content (AvgIpc) is 3.70. The molecule has 0 aromatic heterocycles. The second-order valence-corrected chi connectivity index (χ2v) is 11.9. The van der Waals surface area contributed by atoms with E-state index in [0.717, 1.165) is 16.7 Å². The molecule has 3 aromatic carbocycles. The number of carbonyl (C=O) groups is 2. The Morgan fingerprint density at radius 2 is 1.38 bits per heavy atom. The zero-order valence-electron chi connectivity index (χ0n) is 25.9. The number of hydrogen-bond donors (Lipinski definition) is 0. The third kappa shape index (κ3) is 5.78. The normalized spacial score (nSPS) is 27.4. The zero-order valence-corrected chi connectivity index (χ0v) is 25.9. The number of hydrogen-bond acceptors (Lipinski definition) is 10. The molecule has 10 nitrogen and oxygen atoms in total. The summed E-state index contributed by atoms with van der Waals surface area (Å²) in [6.07, 6.45) is -2.70. The van der Waals surface area contributed by atoms with Crippen LogP contribution in [-0.2, 0) is 48.4 Å². The number of carbonyl (C=O) groups excluding carboxylic acids is 2. The number of methoxy groups -OCH3 is 2.